The third kappa shape index (κ3) is 2.41. The van der Waals surface area contributed by atoms with Crippen molar-refractivity contribution >= 4 is 11.6 Å². The Labute approximate surface area is 109 Å². The third-order valence-electron chi connectivity index (χ3n) is 3.94. The third-order valence-corrected chi connectivity index (χ3v) is 3.94. The first-order valence-corrected chi connectivity index (χ1v) is 6.58. The molecule has 1 fully saturated rings. The minimum absolute atomic E-state index is 0.172. The number of rotatable bonds is 3. The highest BCUT2D eigenvalue weighted by atomic mass is 16.2. The number of hydrogen-bond donors (Lipinski definition) is 0. The molecule has 1 aromatic carbocycles. The summed E-state index contributed by atoms with van der Waals surface area (Å²) in [5, 5.41) is 0. The van der Waals surface area contributed by atoms with Crippen LogP contribution < -0.4 is 4.90 Å². The fourth-order valence-electron chi connectivity index (χ4n) is 2.31. The van der Waals surface area contributed by atoms with Crippen LogP contribution in [0, 0.1) is 5.92 Å². The number of amides is 1. The van der Waals surface area contributed by atoms with Crippen LogP contribution in [0.2, 0.25) is 0 Å². The van der Waals surface area contributed by atoms with Gasteiger partial charge in [0.05, 0.1) is 0 Å². The van der Waals surface area contributed by atoms with Crippen molar-refractivity contribution in [1.29, 1.82) is 0 Å². The highest BCUT2D eigenvalue weighted by Gasteiger charge is 2.28. The Morgan fingerprint density at radius 3 is 2.33 bits per heavy atom. The highest BCUT2D eigenvalue weighted by Crippen LogP contribution is 2.26. The minimum atomic E-state index is 0.172. The second kappa shape index (κ2) is 5.11. The lowest BCUT2D eigenvalue weighted by Crippen LogP contribution is -2.26. The SMILES string of the molecule is CC(c1ccc(N2CC[C@H](C)C2=O)cc1)N(C)C. The van der Waals surface area contributed by atoms with Crippen LogP contribution in [0.3, 0.4) is 0 Å². The molecule has 0 spiro atoms. The van der Waals surface area contributed by atoms with Crippen molar-refractivity contribution in [2.45, 2.75) is 26.3 Å². The number of carbonyl (C=O) groups excluding carboxylic acids is 1. The normalized spacial score (nSPS) is 21.7. The van der Waals surface area contributed by atoms with Gasteiger partial charge in [-0.25, -0.2) is 0 Å². The number of hydrogen-bond acceptors (Lipinski definition) is 2. The van der Waals surface area contributed by atoms with Gasteiger partial charge in [-0.3, -0.25) is 4.79 Å². The van der Waals surface area contributed by atoms with E-state index >= 15 is 0 Å². The lowest BCUT2D eigenvalue weighted by Gasteiger charge is -2.22. The Kier molecular flexibility index (Phi) is 3.71. The topological polar surface area (TPSA) is 23.6 Å². The zero-order valence-corrected chi connectivity index (χ0v) is 11.7. The van der Waals surface area contributed by atoms with Crippen LogP contribution in [0.4, 0.5) is 5.69 Å². The summed E-state index contributed by atoms with van der Waals surface area (Å²) in [6.07, 6.45) is 0.967. The van der Waals surface area contributed by atoms with E-state index in [4.69, 9.17) is 0 Å². The molecule has 1 aromatic rings. The molecule has 2 atom stereocenters. The van der Waals surface area contributed by atoms with Crippen LogP contribution in [-0.4, -0.2) is 31.4 Å². The van der Waals surface area contributed by atoms with Crippen molar-refractivity contribution in [3.8, 4) is 0 Å². The maximum atomic E-state index is 12.0. The van der Waals surface area contributed by atoms with Crippen LogP contribution in [0.1, 0.15) is 31.9 Å². The molecule has 3 heteroatoms. The molecule has 1 aliphatic heterocycles. The van der Waals surface area contributed by atoms with Gasteiger partial charge in [0, 0.05) is 24.2 Å². The number of anilines is 1. The molecule has 2 rings (SSSR count). The first-order valence-electron chi connectivity index (χ1n) is 6.58. The zero-order chi connectivity index (χ0) is 13.3. The van der Waals surface area contributed by atoms with Crippen molar-refractivity contribution in [1.82, 2.24) is 4.90 Å². The van der Waals surface area contributed by atoms with E-state index in [0.717, 1.165) is 18.7 Å². The predicted molar refractivity (Wildman–Crippen MR) is 74.7 cm³/mol. The van der Waals surface area contributed by atoms with E-state index < -0.39 is 0 Å². The lowest BCUT2D eigenvalue weighted by molar-refractivity contribution is -0.119. The van der Waals surface area contributed by atoms with Gasteiger partial charge in [0.25, 0.3) is 0 Å². The molecular weight excluding hydrogens is 224 g/mol. The van der Waals surface area contributed by atoms with Crippen molar-refractivity contribution in [3.63, 3.8) is 0 Å². The van der Waals surface area contributed by atoms with Crippen LogP contribution in [0.25, 0.3) is 0 Å². The van der Waals surface area contributed by atoms with E-state index in [0.29, 0.717) is 6.04 Å². The van der Waals surface area contributed by atoms with Gasteiger partial charge in [-0.15, -0.1) is 0 Å². The predicted octanol–water partition coefficient (Wildman–Crippen LogP) is 2.68. The van der Waals surface area contributed by atoms with Gasteiger partial charge < -0.3 is 9.80 Å². The fourth-order valence-corrected chi connectivity index (χ4v) is 2.31. The molecule has 0 saturated carbocycles. The monoisotopic (exact) mass is 246 g/mol. The number of nitrogens with zero attached hydrogens (tertiary/aromatic N) is 2. The van der Waals surface area contributed by atoms with Gasteiger partial charge in [0.2, 0.25) is 5.91 Å². The molecular formula is C15H22N2O. The Hall–Kier alpha value is -1.35. The second-order valence-corrected chi connectivity index (χ2v) is 5.41. The number of benzene rings is 1. The van der Waals surface area contributed by atoms with Crippen molar-refractivity contribution in [3.05, 3.63) is 29.8 Å². The van der Waals surface area contributed by atoms with Gasteiger partial charge in [-0.2, -0.15) is 0 Å². The van der Waals surface area contributed by atoms with E-state index in [2.05, 4.69) is 50.2 Å². The quantitative estimate of drug-likeness (QED) is 0.818. The summed E-state index contributed by atoms with van der Waals surface area (Å²) in [5.74, 6) is 0.425. The molecule has 98 valence electrons. The molecule has 0 radical (unpaired) electrons. The van der Waals surface area contributed by atoms with Crippen LogP contribution in [0.15, 0.2) is 24.3 Å². The Morgan fingerprint density at radius 1 is 1.28 bits per heavy atom. The van der Waals surface area contributed by atoms with E-state index in [1.807, 2.05) is 11.8 Å². The Balaban J connectivity index is 2.15. The highest BCUT2D eigenvalue weighted by molar-refractivity contribution is 5.96. The van der Waals surface area contributed by atoms with E-state index in [9.17, 15) is 4.79 Å². The van der Waals surface area contributed by atoms with Crippen LogP contribution >= 0.6 is 0 Å². The second-order valence-electron chi connectivity index (χ2n) is 5.41. The zero-order valence-electron chi connectivity index (χ0n) is 11.7. The van der Waals surface area contributed by atoms with Gasteiger partial charge in [0.15, 0.2) is 0 Å². The smallest absolute Gasteiger partial charge is 0.229 e. The van der Waals surface area contributed by atoms with Gasteiger partial charge >= 0.3 is 0 Å². The summed E-state index contributed by atoms with van der Waals surface area (Å²) in [6, 6.07) is 8.76. The summed E-state index contributed by atoms with van der Waals surface area (Å²) < 4.78 is 0. The van der Waals surface area contributed by atoms with Crippen molar-refractivity contribution in [2.24, 2.45) is 5.92 Å². The summed E-state index contributed by atoms with van der Waals surface area (Å²) in [7, 11) is 4.15. The Bertz CT molecular complexity index is 425. The largest absolute Gasteiger partial charge is 0.312 e. The van der Waals surface area contributed by atoms with Gasteiger partial charge in [0.1, 0.15) is 0 Å². The molecule has 3 nitrogen and oxygen atoms in total. The molecule has 0 N–H and O–H groups in total. The average Bonchev–Trinajstić information content (AvgIpc) is 2.69. The van der Waals surface area contributed by atoms with Crippen LogP contribution in [0.5, 0.6) is 0 Å². The molecule has 1 unspecified atom stereocenters. The van der Waals surface area contributed by atoms with Gasteiger partial charge in [-0.1, -0.05) is 19.1 Å². The van der Waals surface area contributed by atoms with E-state index in [-0.39, 0.29) is 11.8 Å². The standard InChI is InChI=1S/C15H22N2O/c1-11-9-10-17(15(11)18)14-7-5-13(6-8-14)12(2)16(3)4/h5-8,11-12H,9-10H2,1-4H3/t11-,12?/m0/s1. The summed E-state index contributed by atoms with van der Waals surface area (Å²) in [5.41, 5.74) is 2.31. The van der Waals surface area contributed by atoms with E-state index in [1.54, 1.807) is 0 Å². The summed E-state index contributed by atoms with van der Waals surface area (Å²) >= 11 is 0. The lowest BCUT2D eigenvalue weighted by atomic mass is 10.1. The van der Waals surface area contributed by atoms with Gasteiger partial charge in [-0.05, 0) is 45.1 Å². The average molecular weight is 246 g/mol. The van der Waals surface area contributed by atoms with Crippen LogP contribution in [-0.2, 0) is 4.79 Å². The molecule has 1 saturated heterocycles. The molecule has 0 aromatic heterocycles. The first-order chi connectivity index (χ1) is 8.50. The molecule has 0 aliphatic carbocycles. The maximum absolute atomic E-state index is 12.0. The summed E-state index contributed by atoms with van der Waals surface area (Å²) in [6.45, 7) is 5.03. The van der Waals surface area contributed by atoms with Crippen molar-refractivity contribution in [2.75, 3.05) is 25.5 Å². The molecule has 1 aliphatic rings. The molecule has 18 heavy (non-hydrogen) atoms. The maximum Gasteiger partial charge on any atom is 0.229 e. The fraction of sp³-hybridized carbons (Fsp3) is 0.533. The van der Waals surface area contributed by atoms with Crippen molar-refractivity contribution < 1.29 is 4.79 Å². The number of carbonyl (C=O) groups is 1. The molecule has 1 heterocycles. The first kappa shape index (κ1) is 13.1. The molecule has 0 bridgehead atoms. The Morgan fingerprint density at radius 2 is 1.89 bits per heavy atom. The molecule has 1 amide bonds. The minimum Gasteiger partial charge on any atom is -0.312 e. The van der Waals surface area contributed by atoms with E-state index in [1.165, 1.54) is 5.56 Å². The summed E-state index contributed by atoms with van der Waals surface area (Å²) in [4.78, 5) is 16.0.